The molecule has 2 amide bonds. The Morgan fingerprint density at radius 3 is 2.63 bits per heavy atom. The van der Waals surface area contributed by atoms with Crippen molar-refractivity contribution in [2.24, 2.45) is 0 Å². The zero-order valence-electron chi connectivity index (χ0n) is 11.1. The average molecular weight is 267 g/mol. The topological polar surface area (TPSA) is 62.3 Å². The minimum absolute atomic E-state index is 0.00814. The van der Waals surface area contributed by atoms with Gasteiger partial charge < -0.3 is 10.2 Å². The third-order valence-corrected chi connectivity index (χ3v) is 2.73. The number of aromatic nitrogens is 1. The van der Waals surface area contributed by atoms with Crippen molar-refractivity contribution in [3.8, 4) is 0 Å². The van der Waals surface area contributed by atoms with Crippen LogP contribution in [0.5, 0.6) is 0 Å². The minimum atomic E-state index is -0.702. The maximum atomic E-state index is 12.8. The van der Waals surface area contributed by atoms with Crippen LogP contribution in [-0.4, -0.2) is 41.3 Å². The second-order valence-electron chi connectivity index (χ2n) is 3.94. The van der Waals surface area contributed by atoms with E-state index in [1.54, 1.807) is 4.90 Å². The first-order chi connectivity index (χ1) is 9.08. The lowest BCUT2D eigenvalue weighted by Gasteiger charge is -2.18. The smallest absolute Gasteiger partial charge is 0.251 e. The molecule has 1 aromatic heterocycles. The Kier molecular flexibility index (Phi) is 5.92. The van der Waals surface area contributed by atoms with E-state index < -0.39 is 11.9 Å². The van der Waals surface area contributed by atoms with Crippen molar-refractivity contribution in [3.05, 3.63) is 29.8 Å². The lowest BCUT2D eigenvalue weighted by Crippen LogP contribution is -2.34. The molecular formula is C13H18FN3O2. The van der Waals surface area contributed by atoms with Crippen LogP contribution < -0.4 is 5.32 Å². The fourth-order valence-corrected chi connectivity index (χ4v) is 1.66. The molecular weight excluding hydrogens is 249 g/mol. The quantitative estimate of drug-likeness (QED) is 0.788. The molecule has 0 atom stereocenters. The zero-order chi connectivity index (χ0) is 14.3. The van der Waals surface area contributed by atoms with Gasteiger partial charge in [0.25, 0.3) is 5.91 Å². The van der Waals surface area contributed by atoms with E-state index in [1.807, 2.05) is 13.8 Å². The number of carbonyl (C=O) groups excluding carboxylic acids is 2. The first-order valence-corrected chi connectivity index (χ1v) is 6.26. The molecule has 6 heteroatoms. The average Bonchev–Trinajstić information content (AvgIpc) is 2.40. The van der Waals surface area contributed by atoms with Crippen molar-refractivity contribution in [2.75, 3.05) is 19.6 Å². The van der Waals surface area contributed by atoms with E-state index in [9.17, 15) is 14.0 Å². The molecule has 0 aliphatic heterocycles. The number of pyridine rings is 1. The van der Waals surface area contributed by atoms with Gasteiger partial charge in [0.1, 0.15) is 0 Å². The highest BCUT2D eigenvalue weighted by Gasteiger charge is 2.11. The van der Waals surface area contributed by atoms with Gasteiger partial charge in [-0.2, -0.15) is 4.39 Å². The molecule has 0 aliphatic rings. The number of rotatable bonds is 6. The Balaban J connectivity index is 2.41. The molecule has 1 heterocycles. The summed E-state index contributed by atoms with van der Waals surface area (Å²) in [6, 6.07) is 2.48. The molecule has 1 N–H and O–H groups in total. The Bertz CT molecular complexity index is 447. The SMILES string of the molecule is CCN(CC)C(=O)CCNC(=O)c1ccnc(F)c1. The lowest BCUT2D eigenvalue weighted by atomic mass is 10.2. The van der Waals surface area contributed by atoms with Crippen LogP contribution >= 0.6 is 0 Å². The molecule has 0 saturated heterocycles. The van der Waals surface area contributed by atoms with E-state index in [4.69, 9.17) is 0 Å². The molecule has 5 nitrogen and oxygen atoms in total. The number of halogens is 1. The number of amides is 2. The number of nitrogens with one attached hydrogen (secondary N) is 1. The van der Waals surface area contributed by atoms with Crippen molar-refractivity contribution in [3.63, 3.8) is 0 Å². The normalized spacial score (nSPS) is 10.1. The predicted octanol–water partition coefficient (Wildman–Crippen LogP) is 1.21. The zero-order valence-corrected chi connectivity index (χ0v) is 11.1. The second-order valence-corrected chi connectivity index (χ2v) is 3.94. The summed E-state index contributed by atoms with van der Waals surface area (Å²) in [5, 5.41) is 2.58. The highest BCUT2D eigenvalue weighted by molar-refractivity contribution is 5.94. The molecule has 0 fully saturated rings. The van der Waals surface area contributed by atoms with Crippen molar-refractivity contribution >= 4 is 11.8 Å². The maximum absolute atomic E-state index is 12.8. The standard InChI is InChI=1S/C13H18FN3O2/c1-3-17(4-2)12(18)6-8-16-13(19)10-5-7-15-11(14)9-10/h5,7,9H,3-4,6,8H2,1-2H3,(H,16,19). The van der Waals surface area contributed by atoms with Gasteiger partial charge in [-0.25, -0.2) is 4.98 Å². The van der Waals surface area contributed by atoms with Gasteiger partial charge in [0, 0.05) is 43.9 Å². The van der Waals surface area contributed by atoms with Crippen LogP contribution in [0.4, 0.5) is 4.39 Å². The summed E-state index contributed by atoms with van der Waals surface area (Å²) in [6.07, 6.45) is 1.46. The molecule has 0 saturated carbocycles. The molecule has 104 valence electrons. The molecule has 0 bridgehead atoms. The van der Waals surface area contributed by atoms with Crippen LogP contribution in [-0.2, 0) is 4.79 Å². The van der Waals surface area contributed by atoms with E-state index in [2.05, 4.69) is 10.3 Å². The van der Waals surface area contributed by atoms with Crippen LogP contribution in [0, 0.1) is 5.95 Å². The van der Waals surface area contributed by atoms with Gasteiger partial charge in [0.2, 0.25) is 11.9 Å². The van der Waals surface area contributed by atoms with Gasteiger partial charge in [-0.3, -0.25) is 9.59 Å². The van der Waals surface area contributed by atoms with Gasteiger partial charge in [-0.15, -0.1) is 0 Å². The minimum Gasteiger partial charge on any atom is -0.352 e. The molecule has 19 heavy (non-hydrogen) atoms. The fraction of sp³-hybridized carbons (Fsp3) is 0.462. The summed E-state index contributed by atoms with van der Waals surface area (Å²) in [7, 11) is 0. The van der Waals surface area contributed by atoms with E-state index >= 15 is 0 Å². The Morgan fingerprint density at radius 2 is 2.05 bits per heavy atom. The number of nitrogens with zero attached hydrogens (tertiary/aromatic N) is 2. The molecule has 1 aromatic rings. The number of hydrogen-bond donors (Lipinski definition) is 1. The van der Waals surface area contributed by atoms with Gasteiger partial charge in [-0.1, -0.05) is 0 Å². The Morgan fingerprint density at radius 1 is 1.37 bits per heavy atom. The van der Waals surface area contributed by atoms with E-state index in [0.717, 1.165) is 6.07 Å². The molecule has 0 spiro atoms. The first kappa shape index (κ1) is 15.1. The highest BCUT2D eigenvalue weighted by Crippen LogP contribution is 2.00. The third kappa shape index (κ3) is 4.65. The predicted molar refractivity (Wildman–Crippen MR) is 69.1 cm³/mol. The maximum Gasteiger partial charge on any atom is 0.251 e. The van der Waals surface area contributed by atoms with Gasteiger partial charge in [-0.05, 0) is 19.9 Å². The molecule has 0 aromatic carbocycles. The Hall–Kier alpha value is -1.98. The summed E-state index contributed by atoms with van der Waals surface area (Å²) >= 11 is 0. The molecule has 0 radical (unpaired) electrons. The Labute approximate surface area is 111 Å². The largest absolute Gasteiger partial charge is 0.352 e. The van der Waals surface area contributed by atoms with Crippen LogP contribution in [0.2, 0.25) is 0 Å². The van der Waals surface area contributed by atoms with Crippen LogP contribution in [0.25, 0.3) is 0 Å². The molecule has 0 unspecified atom stereocenters. The van der Waals surface area contributed by atoms with E-state index in [1.165, 1.54) is 12.3 Å². The van der Waals surface area contributed by atoms with Crippen molar-refractivity contribution in [2.45, 2.75) is 20.3 Å². The van der Waals surface area contributed by atoms with Crippen molar-refractivity contribution < 1.29 is 14.0 Å². The van der Waals surface area contributed by atoms with Crippen LogP contribution in [0.15, 0.2) is 18.3 Å². The van der Waals surface area contributed by atoms with Gasteiger partial charge >= 0.3 is 0 Å². The highest BCUT2D eigenvalue weighted by atomic mass is 19.1. The summed E-state index contributed by atoms with van der Waals surface area (Å²) < 4.78 is 12.8. The summed E-state index contributed by atoms with van der Waals surface area (Å²) in [6.45, 7) is 5.34. The number of hydrogen-bond acceptors (Lipinski definition) is 3. The van der Waals surface area contributed by atoms with Gasteiger partial charge in [0.05, 0.1) is 0 Å². The van der Waals surface area contributed by atoms with Crippen LogP contribution in [0.1, 0.15) is 30.6 Å². The van der Waals surface area contributed by atoms with E-state index in [-0.39, 0.29) is 24.4 Å². The lowest BCUT2D eigenvalue weighted by molar-refractivity contribution is -0.130. The van der Waals surface area contributed by atoms with Crippen molar-refractivity contribution in [1.29, 1.82) is 0 Å². The summed E-state index contributed by atoms with van der Waals surface area (Å²) in [4.78, 5) is 28.4. The third-order valence-electron chi connectivity index (χ3n) is 2.73. The van der Waals surface area contributed by atoms with E-state index in [0.29, 0.717) is 13.1 Å². The number of carbonyl (C=O) groups is 2. The molecule has 1 rings (SSSR count). The second kappa shape index (κ2) is 7.45. The fourth-order valence-electron chi connectivity index (χ4n) is 1.66. The van der Waals surface area contributed by atoms with Gasteiger partial charge in [0.15, 0.2) is 0 Å². The van der Waals surface area contributed by atoms with Crippen molar-refractivity contribution in [1.82, 2.24) is 15.2 Å². The first-order valence-electron chi connectivity index (χ1n) is 6.26. The summed E-state index contributed by atoms with van der Waals surface area (Å²) in [5.74, 6) is -1.12. The summed E-state index contributed by atoms with van der Waals surface area (Å²) in [5.41, 5.74) is 0.197. The monoisotopic (exact) mass is 267 g/mol. The van der Waals surface area contributed by atoms with Crippen LogP contribution in [0.3, 0.4) is 0 Å². The molecule has 0 aliphatic carbocycles.